The fourth-order valence-corrected chi connectivity index (χ4v) is 6.68. The van der Waals surface area contributed by atoms with Crippen molar-refractivity contribution in [2.24, 2.45) is 0 Å². The minimum absolute atomic E-state index is 0. The van der Waals surface area contributed by atoms with Gasteiger partial charge in [-0.2, -0.15) is 0 Å². The molecule has 49 heavy (non-hydrogen) atoms. The van der Waals surface area contributed by atoms with Gasteiger partial charge in [0.1, 0.15) is 0 Å². The van der Waals surface area contributed by atoms with Crippen LogP contribution in [0.3, 0.4) is 0 Å². The van der Waals surface area contributed by atoms with E-state index in [4.69, 9.17) is 33.4 Å². The number of aliphatic carboxylic acids is 2. The molecular formula is C37H33Cl2N2NaO6S. The molecule has 0 amide bonds. The number of likely N-dealkylation sites (tertiary alicyclic amines) is 1. The zero-order valence-electron chi connectivity index (χ0n) is 27.2. The van der Waals surface area contributed by atoms with Gasteiger partial charge >= 0.3 is 41.5 Å². The zero-order valence-corrected chi connectivity index (χ0v) is 31.5. The Morgan fingerprint density at radius 2 is 1.33 bits per heavy atom. The number of nitrogens with one attached hydrogen (secondary N) is 1. The molecule has 0 unspecified atom stereocenters. The molecule has 2 heterocycles. The number of aromatic carboxylic acids is 1. The quantitative estimate of drug-likeness (QED) is 0.173. The van der Waals surface area contributed by atoms with Crippen LogP contribution in [0.2, 0.25) is 10.0 Å². The number of anilines is 2. The summed E-state index contributed by atoms with van der Waals surface area (Å²) in [5, 5.41) is 30.5. The van der Waals surface area contributed by atoms with Crippen LogP contribution in [-0.4, -0.2) is 53.2 Å². The number of rotatable bonds is 5. The molecular weight excluding hydrogens is 694 g/mol. The van der Waals surface area contributed by atoms with Gasteiger partial charge in [0.25, 0.3) is 0 Å². The van der Waals surface area contributed by atoms with E-state index in [0.29, 0.717) is 33.6 Å². The predicted molar refractivity (Wildman–Crippen MR) is 189 cm³/mol. The van der Waals surface area contributed by atoms with Gasteiger partial charge in [-0.1, -0.05) is 101 Å². The summed E-state index contributed by atoms with van der Waals surface area (Å²) in [5.74, 6) is -3.78. The smallest absolute Gasteiger partial charge is 0.545 e. The number of nitrogens with zero attached hydrogens (tertiary/aromatic N) is 1. The van der Waals surface area contributed by atoms with Gasteiger partial charge in [0.2, 0.25) is 0 Å². The van der Waals surface area contributed by atoms with Gasteiger partial charge < -0.3 is 30.3 Å². The molecule has 1 saturated heterocycles. The standard InChI is InChI=1S/C19H19NS.C14H11Cl2NO2.C4H4O4.Na/c1-20-12-10-14(11-13-20)19-15-6-2-4-8-17(15)21-18-9-5-3-7-16(18)19;1-8-6-7-10(15)13(12(8)16)17-11-5-3-2-4-9(11)14(18)19;5-3(6)1-2-4(7)8;/h2-9H,10-13H2,1H3;2-7,17H,1H3,(H,18,19);1-2H,(H,5,6)(H,7,8);/q;;;+1/p-1. The van der Waals surface area contributed by atoms with Gasteiger partial charge in [-0.3, -0.25) is 0 Å². The van der Waals surface area contributed by atoms with Gasteiger partial charge in [-0.05, 0) is 73.3 Å². The number of fused-ring (bicyclic) bond motifs is 2. The number of carboxylic acid groups (broad SMARTS) is 3. The summed E-state index contributed by atoms with van der Waals surface area (Å²) in [6.07, 6.45) is 3.50. The van der Waals surface area contributed by atoms with Crippen LogP contribution in [0.5, 0.6) is 0 Å². The van der Waals surface area contributed by atoms with Crippen molar-refractivity contribution < 1.29 is 59.3 Å². The maximum absolute atomic E-state index is 11.0. The van der Waals surface area contributed by atoms with Gasteiger partial charge in [-0.25, -0.2) is 9.59 Å². The van der Waals surface area contributed by atoms with Crippen molar-refractivity contribution in [3.8, 4) is 0 Å². The number of carboxylic acids is 3. The summed E-state index contributed by atoms with van der Waals surface area (Å²) >= 11 is 14.1. The zero-order chi connectivity index (χ0) is 34.8. The monoisotopic (exact) mass is 726 g/mol. The van der Waals surface area contributed by atoms with Crippen LogP contribution < -0.4 is 40.0 Å². The number of halogens is 2. The number of para-hydroxylation sites is 1. The van der Waals surface area contributed by atoms with E-state index in [2.05, 4.69) is 65.8 Å². The number of piperidine rings is 1. The molecule has 4 aromatic carbocycles. The molecule has 1 fully saturated rings. The molecule has 4 aromatic rings. The number of aryl methyl sites for hydroxylation is 1. The van der Waals surface area contributed by atoms with Crippen molar-refractivity contribution in [3.05, 3.63) is 135 Å². The Kier molecular flexibility index (Phi) is 15.5. The molecule has 8 nitrogen and oxygen atoms in total. The summed E-state index contributed by atoms with van der Waals surface area (Å²) in [7, 11) is 2.22. The van der Waals surface area contributed by atoms with E-state index in [9.17, 15) is 19.5 Å². The van der Waals surface area contributed by atoms with E-state index in [1.165, 1.54) is 58.5 Å². The molecule has 2 aliphatic rings. The first-order valence-electron chi connectivity index (χ1n) is 14.9. The van der Waals surface area contributed by atoms with Gasteiger partial charge in [0, 0.05) is 46.3 Å². The Hall–Kier alpha value is -3.54. The number of carbonyl (C=O) groups is 3. The van der Waals surface area contributed by atoms with Crippen molar-refractivity contribution in [2.45, 2.75) is 29.6 Å². The molecule has 3 N–H and O–H groups in total. The number of hydrogen-bond acceptors (Lipinski definition) is 7. The minimum atomic E-state index is -1.26. The summed E-state index contributed by atoms with van der Waals surface area (Å²) in [4.78, 5) is 35.4. The SMILES string of the molecule is CN1CCC(=C2c3ccccc3Sc3ccccc32)CC1.Cc1ccc(Cl)c(Nc2ccccc2C(=O)[O-])c1Cl.O=C(O)C=CC(=O)O.[Na+]. The van der Waals surface area contributed by atoms with Crippen LogP contribution in [0.25, 0.3) is 5.57 Å². The maximum atomic E-state index is 11.0. The Balaban J connectivity index is 0.000000216. The van der Waals surface area contributed by atoms with Crippen molar-refractivity contribution in [3.63, 3.8) is 0 Å². The topological polar surface area (TPSA) is 130 Å². The second kappa shape index (κ2) is 19.0. The van der Waals surface area contributed by atoms with Crippen molar-refractivity contribution >= 4 is 69.8 Å². The van der Waals surface area contributed by atoms with E-state index in [1.54, 1.807) is 35.9 Å². The first-order valence-corrected chi connectivity index (χ1v) is 16.5. The number of carbonyl (C=O) groups excluding carboxylic acids is 1. The molecule has 248 valence electrons. The molecule has 2 aliphatic heterocycles. The second-order valence-electron chi connectivity index (χ2n) is 10.9. The largest absolute Gasteiger partial charge is 1.00 e. The molecule has 0 atom stereocenters. The third kappa shape index (κ3) is 11.0. The third-order valence-corrected chi connectivity index (χ3v) is 9.49. The maximum Gasteiger partial charge on any atom is 1.00 e. The van der Waals surface area contributed by atoms with E-state index in [0.717, 1.165) is 5.56 Å². The summed E-state index contributed by atoms with van der Waals surface area (Å²) < 4.78 is 0. The molecule has 0 spiro atoms. The van der Waals surface area contributed by atoms with E-state index in [1.807, 2.05) is 18.7 Å². The fourth-order valence-electron chi connectivity index (χ4n) is 5.13. The first-order chi connectivity index (χ1) is 23.0. The van der Waals surface area contributed by atoms with E-state index in [-0.39, 0.29) is 35.1 Å². The summed E-state index contributed by atoms with van der Waals surface area (Å²) in [6, 6.07) is 27.6. The van der Waals surface area contributed by atoms with Crippen LogP contribution >= 0.6 is 35.0 Å². The Bertz CT molecular complexity index is 1830. The van der Waals surface area contributed by atoms with E-state index < -0.39 is 17.9 Å². The minimum Gasteiger partial charge on any atom is -0.545 e. The molecule has 0 aliphatic carbocycles. The molecule has 6 rings (SSSR count). The average Bonchev–Trinajstić information content (AvgIpc) is 3.07. The summed E-state index contributed by atoms with van der Waals surface area (Å²) in [5.41, 5.74) is 7.77. The van der Waals surface area contributed by atoms with Gasteiger partial charge in [-0.15, -0.1) is 0 Å². The second-order valence-corrected chi connectivity index (χ2v) is 12.8. The van der Waals surface area contributed by atoms with Crippen LogP contribution in [-0.2, 0) is 9.59 Å². The van der Waals surface area contributed by atoms with Crippen LogP contribution in [0.15, 0.2) is 112 Å². The van der Waals surface area contributed by atoms with Crippen LogP contribution in [0.4, 0.5) is 11.4 Å². The predicted octanol–water partition coefficient (Wildman–Crippen LogP) is 4.80. The average molecular weight is 728 g/mol. The van der Waals surface area contributed by atoms with Gasteiger partial charge in [0.05, 0.1) is 21.7 Å². The van der Waals surface area contributed by atoms with Crippen molar-refractivity contribution in [1.82, 2.24) is 4.90 Å². The molecule has 0 aromatic heterocycles. The first kappa shape index (κ1) is 39.9. The van der Waals surface area contributed by atoms with Crippen molar-refractivity contribution in [1.29, 1.82) is 0 Å². The number of benzene rings is 4. The fraction of sp³-hybridized carbons (Fsp3) is 0.162. The Morgan fingerprint density at radius 1 is 0.816 bits per heavy atom. The van der Waals surface area contributed by atoms with Crippen molar-refractivity contribution in [2.75, 3.05) is 25.5 Å². The van der Waals surface area contributed by atoms with E-state index >= 15 is 0 Å². The molecule has 0 radical (unpaired) electrons. The Labute approximate surface area is 321 Å². The third-order valence-electron chi connectivity index (χ3n) is 7.54. The van der Waals surface area contributed by atoms with Gasteiger partial charge in [0.15, 0.2) is 0 Å². The normalized spacial score (nSPS) is 13.4. The molecule has 0 saturated carbocycles. The molecule has 0 bridgehead atoms. The summed E-state index contributed by atoms with van der Waals surface area (Å²) in [6.45, 7) is 4.20. The molecule has 12 heteroatoms. The Morgan fingerprint density at radius 3 is 1.86 bits per heavy atom. The number of hydrogen-bond donors (Lipinski definition) is 3. The van der Waals surface area contributed by atoms with Crippen LogP contribution in [0, 0.1) is 6.92 Å². The van der Waals surface area contributed by atoms with Crippen LogP contribution in [0.1, 0.15) is 39.9 Å².